The van der Waals surface area contributed by atoms with Gasteiger partial charge < -0.3 is 19.5 Å². The Morgan fingerprint density at radius 2 is 1.96 bits per heavy atom. The number of aromatic nitrogens is 2. The van der Waals surface area contributed by atoms with Gasteiger partial charge in [0.1, 0.15) is 5.82 Å². The molecule has 2 heterocycles. The average Bonchev–Trinajstić information content (AvgIpc) is 2.67. The zero-order valence-corrected chi connectivity index (χ0v) is 14.9. The molecule has 0 saturated carbocycles. The van der Waals surface area contributed by atoms with Crippen LogP contribution in [0.4, 0.5) is 5.82 Å². The summed E-state index contributed by atoms with van der Waals surface area (Å²) in [5, 5.41) is 11.5. The number of carboxylic acid groups (broad SMARTS) is 1. The van der Waals surface area contributed by atoms with Crippen molar-refractivity contribution in [2.24, 2.45) is 0 Å². The Hall–Kier alpha value is -2.12. The van der Waals surface area contributed by atoms with E-state index in [2.05, 4.69) is 21.8 Å². The Labute approximate surface area is 151 Å². The predicted octanol–water partition coefficient (Wildman–Crippen LogP) is 1.53. The van der Waals surface area contributed by atoms with Crippen molar-refractivity contribution < 1.29 is 14.6 Å². The van der Waals surface area contributed by atoms with Crippen LogP contribution in [0.3, 0.4) is 0 Å². The van der Waals surface area contributed by atoms with E-state index in [9.17, 15) is 9.90 Å². The summed E-state index contributed by atoms with van der Waals surface area (Å²) in [5.74, 6) is 0.474. The molecule has 25 heavy (non-hydrogen) atoms. The zero-order valence-electron chi connectivity index (χ0n) is 14.1. The molecule has 6 nitrogen and oxygen atoms in total. The fourth-order valence-electron chi connectivity index (χ4n) is 2.54. The molecule has 0 amide bonds. The average molecular weight is 358 g/mol. The maximum absolute atomic E-state index is 10.8. The van der Waals surface area contributed by atoms with Crippen LogP contribution in [0.2, 0.25) is 0 Å². The van der Waals surface area contributed by atoms with Gasteiger partial charge in [0.05, 0.1) is 19.2 Å². The molecular weight excluding hydrogens is 338 g/mol. The number of aryl methyl sites for hydroxylation is 1. The van der Waals surface area contributed by atoms with Crippen LogP contribution in [0.1, 0.15) is 28.5 Å². The Bertz CT molecular complexity index is 731. The quantitative estimate of drug-likeness (QED) is 0.572. The lowest BCUT2D eigenvalue weighted by molar-refractivity contribution is -0.255. The molecule has 0 N–H and O–H groups in total. The lowest BCUT2D eigenvalue weighted by atomic mass is 10.1. The number of nitrogens with zero attached hydrogens (tertiary/aromatic N) is 3. The first-order chi connectivity index (χ1) is 12.2. The Morgan fingerprint density at radius 1 is 1.24 bits per heavy atom. The van der Waals surface area contributed by atoms with Crippen LogP contribution in [0.5, 0.6) is 0 Å². The van der Waals surface area contributed by atoms with Crippen molar-refractivity contribution in [1.82, 2.24) is 9.97 Å². The van der Waals surface area contributed by atoms with E-state index >= 15 is 0 Å². The molecule has 1 fully saturated rings. The van der Waals surface area contributed by atoms with Gasteiger partial charge in [-0.1, -0.05) is 43.0 Å². The van der Waals surface area contributed by atoms with E-state index in [0.717, 1.165) is 55.0 Å². The SMILES string of the molecule is CCc1cc(N2CCOCC2)nc(SCc2ccc(C(=O)[O-])cc2)n1. The molecule has 1 aliphatic rings. The molecule has 2 aromatic rings. The molecular formula is C18H20N3O3S-. The Kier molecular flexibility index (Phi) is 5.88. The first kappa shape index (κ1) is 17.7. The fourth-order valence-corrected chi connectivity index (χ4v) is 3.37. The summed E-state index contributed by atoms with van der Waals surface area (Å²) in [6, 6.07) is 8.76. The normalized spacial score (nSPS) is 14.5. The van der Waals surface area contributed by atoms with E-state index in [1.165, 1.54) is 0 Å². The van der Waals surface area contributed by atoms with Crippen LogP contribution in [-0.4, -0.2) is 42.2 Å². The van der Waals surface area contributed by atoms with Crippen molar-refractivity contribution in [3.8, 4) is 0 Å². The van der Waals surface area contributed by atoms with E-state index in [1.807, 2.05) is 6.07 Å². The number of ether oxygens (including phenoxy) is 1. The van der Waals surface area contributed by atoms with Crippen molar-refractivity contribution >= 4 is 23.5 Å². The van der Waals surface area contributed by atoms with Crippen molar-refractivity contribution in [3.63, 3.8) is 0 Å². The third-order valence-corrected chi connectivity index (χ3v) is 4.92. The smallest absolute Gasteiger partial charge is 0.190 e. The highest BCUT2D eigenvalue weighted by Crippen LogP contribution is 2.24. The number of morpholine rings is 1. The Balaban J connectivity index is 1.71. The van der Waals surface area contributed by atoms with E-state index < -0.39 is 5.97 Å². The molecule has 132 valence electrons. The van der Waals surface area contributed by atoms with Gasteiger partial charge in [-0.25, -0.2) is 9.97 Å². The maximum Gasteiger partial charge on any atom is 0.190 e. The van der Waals surface area contributed by atoms with Gasteiger partial charge in [-0.3, -0.25) is 0 Å². The number of carbonyl (C=O) groups excluding carboxylic acids is 1. The molecule has 0 radical (unpaired) electrons. The zero-order chi connectivity index (χ0) is 17.6. The lowest BCUT2D eigenvalue weighted by Crippen LogP contribution is -2.37. The highest BCUT2D eigenvalue weighted by Gasteiger charge is 2.15. The summed E-state index contributed by atoms with van der Waals surface area (Å²) in [7, 11) is 0. The summed E-state index contributed by atoms with van der Waals surface area (Å²) < 4.78 is 5.40. The highest BCUT2D eigenvalue weighted by atomic mass is 32.2. The lowest BCUT2D eigenvalue weighted by Gasteiger charge is -2.28. The molecule has 0 bridgehead atoms. The minimum Gasteiger partial charge on any atom is -0.545 e. The number of thioether (sulfide) groups is 1. The largest absolute Gasteiger partial charge is 0.545 e. The second-order valence-corrected chi connectivity index (χ2v) is 6.67. The molecule has 0 spiro atoms. The van der Waals surface area contributed by atoms with Gasteiger partial charge >= 0.3 is 0 Å². The number of carboxylic acids is 1. The van der Waals surface area contributed by atoms with Crippen LogP contribution in [0, 0.1) is 0 Å². The standard InChI is InChI=1S/C18H21N3O3S/c1-2-15-11-16(21-7-9-24-10-8-21)20-18(19-15)25-12-13-3-5-14(6-4-13)17(22)23/h3-6,11H,2,7-10,12H2,1H3,(H,22,23)/p-1. The predicted molar refractivity (Wildman–Crippen MR) is 94.8 cm³/mol. The number of benzene rings is 1. The van der Waals surface area contributed by atoms with Crippen LogP contribution >= 0.6 is 11.8 Å². The number of rotatable bonds is 6. The highest BCUT2D eigenvalue weighted by molar-refractivity contribution is 7.98. The molecule has 0 unspecified atom stereocenters. The van der Waals surface area contributed by atoms with Gasteiger partial charge in [-0.05, 0) is 17.5 Å². The number of anilines is 1. The Morgan fingerprint density at radius 3 is 2.60 bits per heavy atom. The summed E-state index contributed by atoms with van der Waals surface area (Å²) >= 11 is 1.55. The molecule has 3 rings (SSSR count). The van der Waals surface area contributed by atoms with Gasteiger partial charge in [0.15, 0.2) is 5.16 Å². The van der Waals surface area contributed by atoms with Gasteiger partial charge in [0.25, 0.3) is 0 Å². The van der Waals surface area contributed by atoms with Gasteiger partial charge in [-0.15, -0.1) is 0 Å². The topological polar surface area (TPSA) is 78.4 Å². The van der Waals surface area contributed by atoms with E-state index in [-0.39, 0.29) is 5.56 Å². The summed E-state index contributed by atoms with van der Waals surface area (Å²) in [6.07, 6.45) is 0.855. The molecule has 0 aliphatic carbocycles. The van der Waals surface area contributed by atoms with Crippen LogP contribution in [0.25, 0.3) is 0 Å². The van der Waals surface area contributed by atoms with Gasteiger partial charge in [0, 0.05) is 30.6 Å². The van der Waals surface area contributed by atoms with Crippen molar-refractivity contribution in [1.29, 1.82) is 0 Å². The summed E-state index contributed by atoms with van der Waals surface area (Å²) in [6.45, 7) is 5.21. The van der Waals surface area contributed by atoms with E-state index in [4.69, 9.17) is 4.74 Å². The van der Waals surface area contributed by atoms with Gasteiger partial charge in [0.2, 0.25) is 0 Å². The maximum atomic E-state index is 10.8. The van der Waals surface area contributed by atoms with E-state index in [1.54, 1.807) is 36.0 Å². The van der Waals surface area contributed by atoms with Gasteiger partial charge in [-0.2, -0.15) is 0 Å². The minimum absolute atomic E-state index is 0.188. The van der Waals surface area contributed by atoms with Crippen molar-refractivity contribution in [2.75, 3.05) is 31.2 Å². The number of hydrogen-bond acceptors (Lipinski definition) is 7. The van der Waals surface area contributed by atoms with Crippen LogP contribution in [0.15, 0.2) is 35.5 Å². The first-order valence-electron chi connectivity index (χ1n) is 8.29. The van der Waals surface area contributed by atoms with Crippen LogP contribution < -0.4 is 10.0 Å². The second-order valence-electron chi connectivity index (χ2n) is 5.73. The fraction of sp³-hybridized carbons (Fsp3) is 0.389. The third kappa shape index (κ3) is 4.70. The molecule has 1 saturated heterocycles. The third-order valence-electron chi connectivity index (χ3n) is 4.00. The van der Waals surface area contributed by atoms with E-state index in [0.29, 0.717) is 5.75 Å². The number of hydrogen-bond donors (Lipinski definition) is 0. The second kappa shape index (κ2) is 8.31. The van der Waals surface area contributed by atoms with Crippen LogP contribution in [-0.2, 0) is 16.9 Å². The first-order valence-corrected chi connectivity index (χ1v) is 9.28. The molecule has 1 aromatic heterocycles. The monoisotopic (exact) mass is 358 g/mol. The number of aromatic carboxylic acids is 1. The summed E-state index contributed by atoms with van der Waals surface area (Å²) in [4.78, 5) is 22.3. The van der Waals surface area contributed by atoms with Crippen molar-refractivity contribution in [3.05, 3.63) is 47.2 Å². The minimum atomic E-state index is -1.16. The van der Waals surface area contributed by atoms with Crippen molar-refractivity contribution in [2.45, 2.75) is 24.3 Å². The molecule has 7 heteroatoms. The molecule has 1 aromatic carbocycles. The number of carbonyl (C=O) groups is 1. The summed E-state index contributed by atoms with van der Waals surface area (Å²) in [5.41, 5.74) is 2.23. The molecule has 0 atom stereocenters. The molecule has 1 aliphatic heterocycles.